The summed E-state index contributed by atoms with van der Waals surface area (Å²) in [5.41, 5.74) is 1.23. The SMILES string of the molecule is C=CCOc1ccccc1/C=C1\SC(=O)N(CC(=O)Nc2ccccc2Br)C1=O. The average molecular weight is 473 g/mol. The maximum absolute atomic E-state index is 12.7. The molecule has 0 saturated carbocycles. The molecule has 3 rings (SSSR count). The van der Waals surface area contributed by atoms with Crippen LogP contribution in [0.25, 0.3) is 6.08 Å². The molecule has 2 aromatic rings. The fourth-order valence-electron chi connectivity index (χ4n) is 2.55. The van der Waals surface area contributed by atoms with Crippen molar-refractivity contribution in [3.05, 3.63) is 76.1 Å². The van der Waals surface area contributed by atoms with E-state index in [0.717, 1.165) is 16.7 Å². The summed E-state index contributed by atoms with van der Waals surface area (Å²) in [6, 6.07) is 14.3. The standard InChI is InChI=1S/C21H17BrN2O4S/c1-2-11-28-17-10-6-3-7-14(17)12-18-20(26)24(21(27)29-18)13-19(25)23-16-9-5-4-8-15(16)22/h2-10,12H,1,11,13H2,(H,23,25)/b18-12-. The Bertz CT molecular complexity index is 1010. The van der Waals surface area contributed by atoms with Crippen LogP contribution in [0.2, 0.25) is 0 Å². The van der Waals surface area contributed by atoms with E-state index in [1.165, 1.54) is 0 Å². The molecule has 1 saturated heterocycles. The van der Waals surface area contributed by atoms with Crippen LogP contribution in [0.3, 0.4) is 0 Å². The van der Waals surface area contributed by atoms with Crippen molar-refractivity contribution >= 4 is 56.5 Å². The Kier molecular flexibility index (Phi) is 6.90. The zero-order chi connectivity index (χ0) is 20.8. The van der Waals surface area contributed by atoms with E-state index in [0.29, 0.717) is 28.1 Å². The number of hydrogen-bond acceptors (Lipinski definition) is 5. The number of anilines is 1. The summed E-state index contributed by atoms with van der Waals surface area (Å²) in [6.45, 7) is 3.57. The van der Waals surface area contributed by atoms with Crippen LogP contribution in [0.4, 0.5) is 10.5 Å². The second-order valence-corrected chi connectivity index (χ2v) is 7.78. The molecule has 0 atom stereocenters. The quantitative estimate of drug-likeness (QED) is 0.467. The van der Waals surface area contributed by atoms with Gasteiger partial charge in [-0.1, -0.05) is 43.0 Å². The molecule has 8 heteroatoms. The molecular formula is C21H17BrN2O4S. The van der Waals surface area contributed by atoms with E-state index in [2.05, 4.69) is 27.8 Å². The number of carbonyl (C=O) groups is 3. The minimum Gasteiger partial charge on any atom is -0.489 e. The van der Waals surface area contributed by atoms with E-state index in [4.69, 9.17) is 4.74 Å². The number of ether oxygens (including phenoxy) is 1. The number of benzene rings is 2. The first-order valence-corrected chi connectivity index (χ1v) is 10.2. The summed E-state index contributed by atoms with van der Waals surface area (Å²) in [7, 11) is 0. The van der Waals surface area contributed by atoms with Gasteiger partial charge >= 0.3 is 0 Å². The second kappa shape index (κ2) is 9.58. The molecule has 148 valence electrons. The van der Waals surface area contributed by atoms with Gasteiger partial charge < -0.3 is 10.1 Å². The van der Waals surface area contributed by atoms with Crippen molar-refractivity contribution in [2.75, 3.05) is 18.5 Å². The molecule has 1 aliphatic rings. The molecule has 0 aliphatic carbocycles. The highest BCUT2D eigenvalue weighted by Crippen LogP contribution is 2.34. The van der Waals surface area contributed by atoms with Crippen LogP contribution < -0.4 is 10.1 Å². The van der Waals surface area contributed by atoms with Crippen molar-refractivity contribution in [2.24, 2.45) is 0 Å². The normalized spacial score (nSPS) is 14.9. The highest BCUT2D eigenvalue weighted by atomic mass is 79.9. The zero-order valence-electron chi connectivity index (χ0n) is 15.3. The lowest BCUT2D eigenvalue weighted by Gasteiger charge is -2.13. The molecule has 6 nitrogen and oxygen atoms in total. The summed E-state index contributed by atoms with van der Waals surface area (Å²) in [4.78, 5) is 38.4. The molecule has 0 aromatic heterocycles. The van der Waals surface area contributed by atoms with E-state index < -0.39 is 17.1 Å². The largest absolute Gasteiger partial charge is 0.489 e. The summed E-state index contributed by atoms with van der Waals surface area (Å²) >= 11 is 4.13. The monoisotopic (exact) mass is 472 g/mol. The number of amides is 3. The van der Waals surface area contributed by atoms with Gasteiger partial charge in [-0.25, -0.2) is 0 Å². The maximum Gasteiger partial charge on any atom is 0.294 e. The Morgan fingerprint density at radius 3 is 2.66 bits per heavy atom. The van der Waals surface area contributed by atoms with Crippen LogP contribution in [0.15, 0.2) is 70.6 Å². The van der Waals surface area contributed by atoms with Crippen LogP contribution in [0.1, 0.15) is 5.56 Å². The van der Waals surface area contributed by atoms with Gasteiger partial charge in [-0.2, -0.15) is 0 Å². The van der Waals surface area contributed by atoms with Crippen LogP contribution in [-0.4, -0.2) is 35.1 Å². The number of carbonyl (C=O) groups excluding carboxylic acids is 3. The van der Waals surface area contributed by atoms with Gasteiger partial charge in [0, 0.05) is 10.0 Å². The number of para-hydroxylation sites is 2. The Hall–Kier alpha value is -2.84. The number of nitrogens with one attached hydrogen (secondary N) is 1. The minimum atomic E-state index is -0.513. The lowest BCUT2D eigenvalue weighted by Crippen LogP contribution is -2.36. The lowest BCUT2D eigenvalue weighted by atomic mass is 10.2. The predicted molar refractivity (Wildman–Crippen MR) is 118 cm³/mol. The fraction of sp³-hybridized carbons (Fsp3) is 0.0952. The minimum absolute atomic E-state index is 0.235. The molecule has 1 heterocycles. The Labute approximate surface area is 180 Å². The van der Waals surface area contributed by atoms with E-state index in [9.17, 15) is 14.4 Å². The molecule has 1 aliphatic heterocycles. The van der Waals surface area contributed by atoms with Gasteiger partial charge in [0.1, 0.15) is 18.9 Å². The van der Waals surface area contributed by atoms with Gasteiger partial charge in [0.2, 0.25) is 5.91 Å². The van der Waals surface area contributed by atoms with E-state index in [1.54, 1.807) is 42.5 Å². The summed E-state index contributed by atoms with van der Waals surface area (Å²) in [6.07, 6.45) is 3.21. The maximum atomic E-state index is 12.7. The molecule has 1 N–H and O–H groups in total. The highest BCUT2D eigenvalue weighted by Gasteiger charge is 2.36. The third kappa shape index (κ3) is 5.16. The topological polar surface area (TPSA) is 75.7 Å². The number of hydrogen-bond donors (Lipinski definition) is 1. The Morgan fingerprint density at radius 1 is 1.17 bits per heavy atom. The van der Waals surface area contributed by atoms with E-state index in [1.807, 2.05) is 18.2 Å². The van der Waals surface area contributed by atoms with Crippen LogP contribution in [-0.2, 0) is 9.59 Å². The smallest absolute Gasteiger partial charge is 0.294 e. The number of thioether (sulfide) groups is 1. The Morgan fingerprint density at radius 2 is 1.90 bits per heavy atom. The first kappa shape index (κ1) is 20.9. The van der Waals surface area contributed by atoms with Crippen molar-refractivity contribution < 1.29 is 19.1 Å². The van der Waals surface area contributed by atoms with Gasteiger partial charge in [0.15, 0.2) is 0 Å². The number of imide groups is 1. The molecule has 0 unspecified atom stereocenters. The second-order valence-electron chi connectivity index (χ2n) is 5.93. The molecule has 2 aromatic carbocycles. The van der Waals surface area contributed by atoms with Crippen molar-refractivity contribution in [1.29, 1.82) is 0 Å². The van der Waals surface area contributed by atoms with E-state index in [-0.39, 0.29) is 11.4 Å². The van der Waals surface area contributed by atoms with Gasteiger partial charge in [0.25, 0.3) is 11.1 Å². The average Bonchev–Trinajstić information content (AvgIpc) is 2.96. The first-order valence-electron chi connectivity index (χ1n) is 8.62. The van der Waals surface area contributed by atoms with Gasteiger partial charge in [-0.05, 0) is 52.0 Å². The van der Waals surface area contributed by atoms with Crippen molar-refractivity contribution in [1.82, 2.24) is 4.90 Å². The number of rotatable bonds is 7. The first-order chi connectivity index (χ1) is 14.0. The summed E-state index contributed by atoms with van der Waals surface area (Å²) in [5, 5.41) is 2.19. The van der Waals surface area contributed by atoms with Crippen LogP contribution >= 0.6 is 27.7 Å². The fourth-order valence-corrected chi connectivity index (χ4v) is 3.77. The lowest BCUT2D eigenvalue weighted by molar-refractivity contribution is -0.127. The molecule has 29 heavy (non-hydrogen) atoms. The highest BCUT2D eigenvalue weighted by molar-refractivity contribution is 9.10. The predicted octanol–water partition coefficient (Wildman–Crippen LogP) is 4.69. The number of nitrogens with zero attached hydrogens (tertiary/aromatic N) is 1. The van der Waals surface area contributed by atoms with Crippen molar-refractivity contribution in [3.63, 3.8) is 0 Å². The third-order valence-corrected chi connectivity index (χ3v) is 5.48. The van der Waals surface area contributed by atoms with Gasteiger partial charge in [0.05, 0.1) is 10.6 Å². The van der Waals surface area contributed by atoms with Crippen molar-refractivity contribution in [2.45, 2.75) is 0 Å². The summed E-state index contributed by atoms with van der Waals surface area (Å²) < 4.78 is 6.28. The Balaban J connectivity index is 1.73. The van der Waals surface area contributed by atoms with Crippen LogP contribution in [0, 0.1) is 0 Å². The molecule has 0 radical (unpaired) electrons. The zero-order valence-corrected chi connectivity index (χ0v) is 17.7. The molecule has 0 bridgehead atoms. The van der Waals surface area contributed by atoms with Crippen molar-refractivity contribution in [3.8, 4) is 5.75 Å². The third-order valence-electron chi connectivity index (χ3n) is 3.89. The molecular weight excluding hydrogens is 456 g/mol. The molecule has 3 amide bonds. The molecule has 0 spiro atoms. The molecule has 1 fully saturated rings. The number of halogens is 1. The summed E-state index contributed by atoms with van der Waals surface area (Å²) in [5.74, 6) is -0.401. The van der Waals surface area contributed by atoms with Gasteiger partial charge in [-0.15, -0.1) is 0 Å². The van der Waals surface area contributed by atoms with Crippen LogP contribution in [0.5, 0.6) is 5.75 Å². The van der Waals surface area contributed by atoms with Gasteiger partial charge in [-0.3, -0.25) is 19.3 Å². The van der Waals surface area contributed by atoms with E-state index >= 15 is 0 Å².